The monoisotopic (exact) mass is 1880 g/mol. The smallest absolute Gasteiger partial charge is 0.104 e. The average molecular weight is 1890 g/mol. The summed E-state index contributed by atoms with van der Waals surface area (Å²) in [6.45, 7) is 0. The van der Waals surface area contributed by atoms with Crippen LogP contribution in [0.5, 0.6) is 0 Å². The van der Waals surface area contributed by atoms with Crippen molar-refractivity contribution < 1.29 is 65.8 Å². The molecule has 0 fully saturated rings. The topological polar surface area (TPSA) is 158 Å². The van der Waals surface area contributed by atoms with Crippen LogP contribution in [0.4, 0.5) is 0 Å². The minimum absolute atomic E-state index is 0.0502. The molecule has 0 saturated carbocycles. The number of hydrogen-bond donors (Lipinski definition) is 0. The Kier molecular flexibility index (Phi) is 11.1. The molecule has 0 spiro atoms. The summed E-state index contributed by atoms with van der Waals surface area (Å²) >= 11 is 3.77. The minimum Gasteiger partial charge on any atom is -0.309 e. The Morgan fingerprint density at radius 3 is 0.590 bits per heavy atom. The van der Waals surface area contributed by atoms with E-state index in [-0.39, 0.29) is 182 Å². The second kappa shape index (κ2) is 33.5. The summed E-state index contributed by atoms with van der Waals surface area (Å²) in [7, 11) is 0. The third-order valence-corrected chi connectivity index (χ3v) is 24.5. The molecule has 0 unspecified atom stereocenters. The first-order valence-electron chi connectivity index (χ1n) is 66.0. The molecular weight excluding hydrogens is 1760 g/mol. The molecule has 139 heavy (non-hydrogen) atoms. The van der Waals surface area contributed by atoms with E-state index in [1.165, 1.54) is 67.1 Å². The van der Waals surface area contributed by atoms with Crippen molar-refractivity contribution in [1.82, 2.24) is 36.5 Å². The summed E-state index contributed by atoms with van der Waals surface area (Å²) in [5.41, 5.74) is 1.07. The van der Waals surface area contributed by atoms with E-state index < -0.39 is 296 Å². The van der Waals surface area contributed by atoms with Gasteiger partial charge in [-0.05, 0) is 151 Å². The number of aromatic nitrogens is 8. The molecule has 0 aliphatic carbocycles. The molecule has 0 radical (unpaired) electrons. The largest absolute Gasteiger partial charge is 0.309 e. The van der Waals surface area contributed by atoms with E-state index in [1.807, 2.05) is 24.3 Å². The molecular formula is C125H74BrN13. The van der Waals surface area contributed by atoms with Crippen molar-refractivity contribution >= 4 is 190 Å². The Hall–Kier alpha value is -19.3. The van der Waals surface area contributed by atoms with Crippen LogP contribution in [0.25, 0.3) is 220 Å². The van der Waals surface area contributed by atoms with Gasteiger partial charge in [-0.15, -0.1) is 0 Å². The quantitative estimate of drug-likeness (QED) is 0.148. The van der Waals surface area contributed by atoms with Crippen LogP contribution in [-0.2, 0) is 0 Å². The van der Waals surface area contributed by atoms with Gasteiger partial charge in [-0.1, -0.05) is 312 Å². The zero-order valence-electron chi connectivity index (χ0n) is 119. The van der Waals surface area contributed by atoms with Crippen molar-refractivity contribution in [2.24, 2.45) is 0 Å². The van der Waals surface area contributed by atoms with Gasteiger partial charge < -0.3 is 36.5 Å². The molecule has 0 saturated heterocycles. The lowest BCUT2D eigenvalue weighted by Gasteiger charge is -2.16. The highest BCUT2D eigenvalue weighted by Gasteiger charge is 2.28. The molecule has 20 aromatic carbocycles. The first kappa shape index (κ1) is 45.9. The fraction of sp³-hybridized carbons (Fsp3) is 0. The maximum absolute atomic E-state index is 10.9. The molecule has 28 rings (SSSR count). The SMILES string of the molecule is N#Cc1c(-n2c3ccccc3c3ccccc32)cc(Br)cc1-n1c2ccccc2c2ccccc21.[2H]c1c([2H])c([2H])c2c(c1[2H])c1c([2H])c([2H])c([2H])c([2H])c1n2-c1cc(C#N)cc(-n2c3c([2H])c([2H])c([2H])c([2H])c3c3c([2H])c([2H])c([2H])c([2H])c32)c1.[2H]c1c([2H])c([2H])c2c(c1[2H])c1c([2H])c([2H])c([2H])c([2H])c1n2-c1cc(C#N)cc(-n2c3c([2H])c([2H])c([2H])c([2H])c3c3c([2H])c([2H])c([2H])c([2H])c32)c1C#N.[2H]c1c([2H])c([2H])c2c(c1[2H])c1c([2H])c([2H])c([2H])c([2H])c1n2-c1cccc(-n2c3c([2H])c([2H])c([2H])c([2H])c3c3c([2H])c([2H])c([2H])c([2H])c32)c1C#N. The van der Waals surface area contributed by atoms with Crippen LogP contribution in [0.2, 0.25) is 0 Å². The Balaban J connectivity index is 0.000000123. The van der Waals surface area contributed by atoms with E-state index in [4.69, 9.17) is 65.8 Å². The fourth-order valence-electron chi connectivity index (χ4n) is 18.5. The number of halogens is 1. The van der Waals surface area contributed by atoms with Crippen LogP contribution in [0.3, 0.4) is 0 Å². The van der Waals surface area contributed by atoms with Crippen molar-refractivity contribution in [2.75, 3.05) is 0 Å². The molecule has 13 nitrogen and oxygen atoms in total. The summed E-state index contributed by atoms with van der Waals surface area (Å²) in [4.78, 5) is 0. The second-order valence-corrected chi connectivity index (χ2v) is 32.0. The minimum atomic E-state index is -0.735. The van der Waals surface area contributed by atoms with E-state index in [0.717, 1.165) is 68.3 Å². The van der Waals surface area contributed by atoms with E-state index in [1.54, 1.807) is 0 Å². The highest BCUT2D eigenvalue weighted by Crippen LogP contribution is 2.46. The molecule has 8 heterocycles. The Bertz CT molecular complexity index is 12200. The molecule has 646 valence electrons. The molecule has 0 aliphatic heterocycles. The van der Waals surface area contributed by atoms with Crippen LogP contribution in [-0.4, -0.2) is 36.5 Å². The van der Waals surface area contributed by atoms with Crippen LogP contribution in [0, 0.1) is 56.7 Å². The van der Waals surface area contributed by atoms with Crippen LogP contribution in [0.1, 0.15) is 93.6 Å². The molecule has 0 atom stereocenters. The van der Waals surface area contributed by atoms with Crippen LogP contribution in [0.15, 0.2) is 452 Å². The number of para-hydroxylation sites is 16. The van der Waals surface area contributed by atoms with E-state index in [0.29, 0.717) is 5.56 Å². The Morgan fingerprint density at radius 2 is 0.360 bits per heavy atom. The lowest BCUT2D eigenvalue weighted by molar-refractivity contribution is 1.11. The molecule has 8 aromatic heterocycles. The van der Waals surface area contributed by atoms with Crippen molar-refractivity contribution in [2.45, 2.75) is 0 Å². The highest BCUT2D eigenvalue weighted by molar-refractivity contribution is 9.10. The molecule has 14 heteroatoms. The molecule has 0 bridgehead atoms. The molecule has 0 amide bonds. The van der Waals surface area contributed by atoms with Gasteiger partial charge in [-0.25, -0.2) is 0 Å². The predicted octanol–water partition coefficient (Wildman–Crippen LogP) is 31.6. The van der Waals surface area contributed by atoms with E-state index >= 15 is 0 Å². The zero-order valence-corrected chi connectivity index (χ0v) is 72.3. The van der Waals surface area contributed by atoms with Gasteiger partial charge >= 0.3 is 0 Å². The van der Waals surface area contributed by atoms with Gasteiger partial charge in [0.15, 0.2) is 0 Å². The lowest BCUT2D eigenvalue weighted by Crippen LogP contribution is -2.05. The van der Waals surface area contributed by atoms with Gasteiger partial charge in [0, 0.05) is 102 Å². The maximum Gasteiger partial charge on any atom is 0.104 e. The number of nitriles is 5. The Labute approximate surface area is 871 Å². The van der Waals surface area contributed by atoms with Crippen LogP contribution < -0.4 is 0 Å². The average Bonchev–Trinajstić information content (AvgIpc) is 1.53. The molecule has 28 aromatic rings. The van der Waals surface area contributed by atoms with Crippen molar-refractivity contribution in [3.8, 4) is 75.8 Å². The normalized spacial score (nSPS) is 16.3. The van der Waals surface area contributed by atoms with Crippen molar-refractivity contribution in [1.29, 1.82) is 26.3 Å². The zero-order chi connectivity index (χ0) is 135. The first-order valence-corrected chi connectivity index (χ1v) is 42.8. The number of nitrogens with zero attached hydrogens (tertiary/aromatic N) is 13. The maximum atomic E-state index is 10.9. The van der Waals surface area contributed by atoms with Gasteiger partial charge in [0.05, 0.1) is 211 Å². The van der Waals surface area contributed by atoms with E-state index in [9.17, 15) is 26.3 Å². The van der Waals surface area contributed by atoms with Gasteiger partial charge in [-0.2, -0.15) is 26.3 Å². The molecule has 0 aliphatic rings. The van der Waals surface area contributed by atoms with E-state index in [2.05, 4.69) is 140 Å². The van der Waals surface area contributed by atoms with Gasteiger partial charge in [0.1, 0.15) is 34.9 Å². The number of fused-ring (bicyclic) bond motifs is 24. The number of rotatable bonds is 8. The first-order chi connectivity index (χ1) is 88.7. The predicted molar refractivity (Wildman–Crippen MR) is 572 cm³/mol. The Morgan fingerprint density at radius 1 is 0.173 bits per heavy atom. The standard InChI is InChI=1S/C32H18N4.C31H18BrN3.2C31H19N3/c33-19-21-17-31(35-27-13-5-1-9-22(27)23-10-2-6-14-28(23)35)26(20-34)32(18-21)36-29-15-7-3-11-24(29)25-12-4-8-16-30(25)36;32-20-17-30(34-26-13-5-1-9-21(26)22-10-2-6-14-27(22)34)25(19-33)31(18-20)35-28-15-7-3-11-23(28)24-12-4-8-16-29(24)35;32-20-25-30(33-26-14-5-1-10-21(26)22-11-2-6-15-27(22)33)18-9-19-31(25)34-28-16-7-3-12-23(28)24-13-4-8-17-29(24)34;32-20-21-17-22(33-28-13-5-1-9-24(28)25-10-2-6-14-29(25)33)19-23(18-21)34-30-15-7-3-11-26(30)27-12-4-8-16-31(27)34/h1-18H;1-18H;2*1-19H/i1D,2D,3D,4D,5D,6D,7D,8D,9D,10D,11D,12D,13D,14D,15D,16D;;1D,2D,3D,4D,5D,6D,7D,8D,10D,11D,12D,13D,14D,15D,16D,17D;1D,2D,3D,4D,5D,6D,7D,8D,9D,10D,11D,12D,13D,14D,15D,16D. The number of benzene rings is 20. The van der Waals surface area contributed by atoms with Crippen LogP contribution >= 0.6 is 15.9 Å². The van der Waals surface area contributed by atoms with Gasteiger partial charge in [0.25, 0.3) is 0 Å². The summed E-state index contributed by atoms with van der Waals surface area (Å²) in [6.07, 6.45) is 0. The van der Waals surface area contributed by atoms with Crippen molar-refractivity contribution in [3.05, 3.63) is 480 Å². The third-order valence-electron chi connectivity index (χ3n) is 24.0. The fourth-order valence-corrected chi connectivity index (χ4v) is 18.9. The lowest BCUT2D eigenvalue weighted by atomic mass is 10.1. The third kappa shape index (κ3) is 13.0. The second-order valence-electron chi connectivity index (χ2n) is 31.1. The number of hydrogen-bond acceptors (Lipinski definition) is 5. The summed E-state index contributed by atoms with van der Waals surface area (Å²) in [6, 6.07) is 27.4. The summed E-state index contributed by atoms with van der Waals surface area (Å²) < 4.78 is 423. The van der Waals surface area contributed by atoms with Gasteiger partial charge in [-0.3, -0.25) is 0 Å². The summed E-state index contributed by atoms with van der Waals surface area (Å²) in [5.74, 6) is 0. The van der Waals surface area contributed by atoms with Gasteiger partial charge in [0.2, 0.25) is 0 Å². The summed E-state index contributed by atoms with van der Waals surface area (Å²) in [5, 5.41) is 54.5. The molecule has 0 N–H and O–H groups in total. The highest BCUT2D eigenvalue weighted by atomic mass is 79.9. The van der Waals surface area contributed by atoms with Crippen molar-refractivity contribution in [3.63, 3.8) is 0 Å².